The Kier molecular flexibility index (Phi) is 4.15. The molecule has 0 N–H and O–H groups in total. The summed E-state index contributed by atoms with van der Waals surface area (Å²) in [7, 11) is 0. The molecule has 0 radical (unpaired) electrons. The lowest BCUT2D eigenvalue weighted by Gasteiger charge is -2.18. The third-order valence-electron chi connectivity index (χ3n) is 1.75. The zero-order valence-corrected chi connectivity index (χ0v) is 9.44. The summed E-state index contributed by atoms with van der Waals surface area (Å²) in [4.78, 5) is 1.14. The molecule has 0 amide bonds. The molecule has 0 atom stereocenters. The average molecular weight is 203 g/mol. The monoisotopic (exact) mass is 202 g/mol. The predicted octanol–water partition coefficient (Wildman–Crippen LogP) is -0.642. The van der Waals surface area contributed by atoms with Crippen molar-refractivity contribution in [3.8, 4) is 0 Å². The number of rotatable bonds is 0. The van der Waals surface area contributed by atoms with E-state index in [4.69, 9.17) is 0 Å². The third-order valence-corrected chi connectivity index (χ3v) is 2.08. The van der Waals surface area contributed by atoms with Crippen LogP contribution >= 0.6 is 0 Å². The molecule has 0 saturated heterocycles. The van der Waals surface area contributed by atoms with E-state index in [1.165, 1.54) is 5.56 Å². The van der Waals surface area contributed by atoms with Gasteiger partial charge in [0, 0.05) is 0 Å². The van der Waals surface area contributed by atoms with E-state index in [1.807, 2.05) is 0 Å². The molecule has 1 rings (SSSR count). The maximum Gasteiger partial charge on any atom is 0.150 e. The molecule has 68 valence electrons. The van der Waals surface area contributed by atoms with Crippen molar-refractivity contribution in [1.82, 2.24) is 0 Å². The summed E-state index contributed by atoms with van der Waals surface area (Å²) in [6.07, 6.45) is 0. The topological polar surface area (TPSA) is 0 Å². The van der Waals surface area contributed by atoms with Crippen molar-refractivity contribution in [1.29, 1.82) is 0 Å². The highest BCUT2D eigenvalue weighted by atomic mass is 35.5. The van der Waals surface area contributed by atoms with Gasteiger partial charge >= 0.3 is 0 Å². The van der Waals surface area contributed by atoms with Crippen LogP contribution in [0.5, 0.6) is 0 Å². The molecule has 2 heteroatoms. The van der Waals surface area contributed by atoms with Crippen molar-refractivity contribution in [3.63, 3.8) is 0 Å². The minimum absolute atomic E-state index is 0. The van der Waals surface area contributed by atoms with E-state index in [-0.39, 0.29) is 17.8 Å². The van der Waals surface area contributed by atoms with E-state index < -0.39 is 0 Å². The zero-order valence-electron chi connectivity index (χ0n) is 7.69. The molecular weight excluding hydrogens is 188 g/mol. The SMILES string of the molecule is CC(C)(C)c1ccc([SH2+])cc1.[Cl-]. The Morgan fingerprint density at radius 1 is 1.00 bits per heavy atom. The van der Waals surface area contributed by atoms with Gasteiger partial charge in [-0.05, 0) is 35.7 Å². The molecule has 0 nitrogen and oxygen atoms in total. The van der Waals surface area contributed by atoms with Gasteiger partial charge in [0.2, 0.25) is 0 Å². The van der Waals surface area contributed by atoms with Crippen LogP contribution in [0.15, 0.2) is 29.2 Å². The van der Waals surface area contributed by atoms with E-state index in [0.29, 0.717) is 0 Å². The van der Waals surface area contributed by atoms with Crippen molar-refractivity contribution in [2.24, 2.45) is 0 Å². The van der Waals surface area contributed by atoms with Crippen LogP contribution in [-0.2, 0) is 18.0 Å². The van der Waals surface area contributed by atoms with Crippen LogP contribution in [0.4, 0.5) is 0 Å². The number of hydrogen-bond donors (Lipinski definition) is 0. The fourth-order valence-corrected chi connectivity index (χ4v) is 1.14. The lowest BCUT2D eigenvalue weighted by molar-refractivity contribution is -0.00000265. The van der Waals surface area contributed by atoms with E-state index in [9.17, 15) is 0 Å². The van der Waals surface area contributed by atoms with Gasteiger partial charge in [-0.25, -0.2) is 0 Å². The molecule has 0 heterocycles. The van der Waals surface area contributed by atoms with Gasteiger partial charge in [-0.1, -0.05) is 32.9 Å². The zero-order chi connectivity index (χ0) is 8.48. The second-order valence-electron chi connectivity index (χ2n) is 3.83. The van der Waals surface area contributed by atoms with Crippen molar-refractivity contribution in [3.05, 3.63) is 29.8 Å². The first-order valence-electron chi connectivity index (χ1n) is 3.82. The van der Waals surface area contributed by atoms with Crippen LogP contribution in [0.2, 0.25) is 0 Å². The van der Waals surface area contributed by atoms with Crippen molar-refractivity contribution >= 4 is 12.6 Å². The summed E-state index contributed by atoms with van der Waals surface area (Å²) in [6, 6.07) is 8.47. The molecule has 12 heavy (non-hydrogen) atoms. The molecular formula is C10H15ClS. The van der Waals surface area contributed by atoms with Crippen LogP contribution < -0.4 is 12.4 Å². The number of halogens is 1. The molecule has 0 saturated carbocycles. The normalized spacial score (nSPS) is 10.7. The molecule has 0 fully saturated rings. The van der Waals surface area contributed by atoms with Crippen LogP contribution in [0.3, 0.4) is 0 Å². The Hall–Kier alpha value is -0.140. The number of benzene rings is 1. The summed E-state index contributed by atoms with van der Waals surface area (Å²) in [6.45, 7) is 6.65. The van der Waals surface area contributed by atoms with Crippen LogP contribution in [0.25, 0.3) is 0 Å². The van der Waals surface area contributed by atoms with Crippen molar-refractivity contribution in [2.75, 3.05) is 0 Å². The quantitative estimate of drug-likeness (QED) is 0.491. The Balaban J connectivity index is 0.00000121. The summed E-state index contributed by atoms with van der Waals surface area (Å²) in [5.41, 5.74) is 1.64. The Morgan fingerprint density at radius 3 is 1.75 bits per heavy atom. The van der Waals surface area contributed by atoms with Crippen LogP contribution in [-0.4, -0.2) is 0 Å². The number of hydrogen-bond acceptors (Lipinski definition) is 0. The second-order valence-corrected chi connectivity index (χ2v) is 4.40. The van der Waals surface area contributed by atoms with E-state index in [2.05, 4.69) is 57.7 Å². The highest BCUT2D eigenvalue weighted by Gasteiger charge is 2.12. The molecule has 1 aromatic rings. The van der Waals surface area contributed by atoms with Gasteiger partial charge in [-0.3, -0.25) is 0 Å². The fourth-order valence-electron chi connectivity index (χ4n) is 0.970. The predicted molar refractivity (Wildman–Crippen MR) is 53.6 cm³/mol. The van der Waals surface area contributed by atoms with Crippen LogP contribution in [0.1, 0.15) is 26.3 Å². The minimum Gasteiger partial charge on any atom is -1.00 e. The maximum absolute atomic E-state index is 3.46. The largest absolute Gasteiger partial charge is 1.00 e. The highest BCUT2D eigenvalue weighted by Crippen LogP contribution is 2.21. The standard InChI is InChI=1S/C10H14S.ClH/c1-10(2,3)8-4-6-9(11)7-5-8;/h4-7,11H,1-3H3;1H. The molecule has 1 aromatic carbocycles. The molecule has 0 bridgehead atoms. The van der Waals surface area contributed by atoms with Gasteiger partial charge in [0.25, 0.3) is 0 Å². The second kappa shape index (κ2) is 4.20. The summed E-state index contributed by atoms with van der Waals surface area (Å²) < 4.78 is 0. The molecule has 0 aliphatic rings. The summed E-state index contributed by atoms with van der Waals surface area (Å²) in [5, 5.41) is 0. The Bertz CT molecular complexity index is 233. The van der Waals surface area contributed by atoms with Gasteiger partial charge in [-0.15, -0.1) is 0 Å². The van der Waals surface area contributed by atoms with Gasteiger partial charge in [0.05, 0.1) is 0 Å². The lowest BCUT2D eigenvalue weighted by atomic mass is 9.87. The molecule has 0 spiro atoms. The maximum atomic E-state index is 3.46. The smallest absolute Gasteiger partial charge is 0.150 e. The first-order chi connectivity index (χ1) is 5.00. The summed E-state index contributed by atoms with van der Waals surface area (Å²) in [5.74, 6) is 0. The van der Waals surface area contributed by atoms with Gasteiger partial charge in [-0.2, -0.15) is 0 Å². The van der Waals surface area contributed by atoms with Crippen molar-refractivity contribution < 1.29 is 12.4 Å². The minimum atomic E-state index is 0. The molecule has 0 unspecified atom stereocenters. The van der Waals surface area contributed by atoms with E-state index in [0.717, 1.165) is 4.90 Å². The molecule has 0 aromatic heterocycles. The lowest BCUT2D eigenvalue weighted by Crippen LogP contribution is -3.00. The first-order valence-corrected chi connectivity index (χ1v) is 4.32. The Morgan fingerprint density at radius 2 is 1.42 bits per heavy atom. The van der Waals surface area contributed by atoms with Crippen molar-refractivity contribution in [2.45, 2.75) is 31.1 Å². The first kappa shape index (κ1) is 11.9. The van der Waals surface area contributed by atoms with Gasteiger partial charge < -0.3 is 12.4 Å². The molecule has 0 aliphatic carbocycles. The Labute approximate surface area is 86.2 Å². The highest BCUT2D eigenvalue weighted by molar-refractivity contribution is 7.58. The van der Waals surface area contributed by atoms with Gasteiger partial charge in [0.15, 0.2) is 0 Å². The average Bonchev–Trinajstić information content (AvgIpc) is 1.86. The summed E-state index contributed by atoms with van der Waals surface area (Å²) >= 11 is 3.46. The van der Waals surface area contributed by atoms with E-state index >= 15 is 0 Å². The molecule has 0 aliphatic heterocycles. The third kappa shape index (κ3) is 3.08. The van der Waals surface area contributed by atoms with E-state index in [1.54, 1.807) is 0 Å². The van der Waals surface area contributed by atoms with Gasteiger partial charge in [0.1, 0.15) is 4.90 Å². The fraction of sp³-hybridized carbons (Fsp3) is 0.400. The van der Waals surface area contributed by atoms with Crippen LogP contribution in [0, 0.1) is 0 Å².